The number of rotatable bonds is 18. The molecule has 0 fully saturated rings. The highest BCUT2D eigenvalue weighted by molar-refractivity contribution is 5.49. The Morgan fingerprint density at radius 1 is 0.889 bits per heavy atom. The van der Waals surface area contributed by atoms with Crippen LogP contribution in [0.5, 0.6) is 0 Å². The monoisotopic (exact) mass is 379 g/mol. The van der Waals surface area contributed by atoms with E-state index in [-0.39, 0.29) is 0 Å². The van der Waals surface area contributed by atoms with Gasteiger partial charge in [-0.1, -0.05) is 83.6 Å². The van der Waals surface area contributed by atoms with E-state index in [1.54, 1.807) is 0 Å². The highest BCUT2D eigenvalue weighted by Gasteiger charge is 2.15. The van der Waals surface area contributed by atoms with Gasteiger partial charge in [-0.15, -0.1) is 0 Å². The molecule has 0 radical (unpaired) electrons. The third-order valence-electron chi connectivity index (χ3n) is 5.92. The Morgan fingerprint density at radius 3 is 1.96 bits per heavy atom. The highest BCUT2D eigenvalue weighted by Crippen LogP contribution is 2.19. The van der Waals surface area contributed by atoms with Crippen molar-refractivity contribution in [1.82, 2.24) is 5.32 Å². The van der Waals surface area contributed by atoms with Crippen LogP contribution in [0, 0.1) is 0 Å². The quantitative estimate of drug-likeness (QED) is 0.179. The summed E-state index contributed by atoms with van der Waals surface area (Å²) in [5.74, 6) is 0. The first-order valence-electron chi connectivity index (χ1n) is 11.8. The lowest BCUT2D eigenvalue weighted by atomic mass is 9.95. The van der Waals surface area contributed by atoms with Crippen LogP contribution in [0.1, 0.15) is 110 Å². The van der Waals surface area contributed by atoms with Crippen molar-refractivity contribution in [2.45, 2.75) is 116 Å². The van der Waals surface area contributed by atoms with Crippen LogP contribution < -0.4 is 5.32 Å². The molecule has 1 aliphatic heterocycles. The standard InChI is InChI=1S/C24H46N2O/c1-3-24(2,27)19-17-15-13-11-9-7-5-4-6-8-10-12-14-16-18-21-26-22-20-25-23-26/h16,18,23,27H,3-15,17,19-22H2,1-2H3/p+1. The second-order valence-electron chi connectivity index (χ2n) is 8.68. The van der Waals surface area contributed by atoms with Gasteiger partial charge in [0.1, 0.15) is 19.6 Å². The summed E-state index contributed by atoms with van der Waals surface area (Å²) in [6.07, 6.45) is 26.3. The predicted molar refractivity (Wildman–Crippen MR) is 119 cm³/mol. The number of nitrogens with one attached hydrogen (secondary N) is 1. The summed E-state index contributed by atoms with van der Waals surface area (Å²) in [5.41, 5.74) is -0.430. The number of nitrogens with zero attached hydrogens (tertiary/aromatic N) is 1. The van der Waals surface area contributed by atoms with Crippen LogP contribution in [0.2, 0.25) is 0 Å². The number of aliphatic hydroxyl groups is 1. The molecule has 1 aliphatic rings. The van der Waals surface area contributed by atoms with Gasteiger partial charge in [-0.05, 0) is 38.7 Å². The van der Waals surface area contributed by atoms with Gasteiger partial charge in [0.05, 0.1) is 5.60 Å². The zero-order chi connectivity index (χ0) is 19.6. The van der Waals surface area contributed by atoms with Gasteiger partial charge in [0, 0.05) is 0 Å². The lowest BCUT2D eigenvalue weighted by molar-refractivity contribution is -0.503. The van der Waals surface area contributed by atoms with Gasteiger partial charge in [-0.25, -0.2) is 0 Å². The minimum Gasteiger partial charge on any atom is -0.390 e. The number of unbranched alkanes of at least 4 members (excludes halogenated alkanes) is 12. The zero-order valence-electron chi connectivity index (χ0n) is 18.4. The van der Waals surface area contributed by atoms with Gasteiger partial charge in [0.25, 0.3) is 0 Å². The summed E-state index contributed by atoms with van der Waals surface area (Å²) in [7, 11) is 0. The molecule has 1 heterocycles. The fourth-order valence-electron chi connectivity index (χ4n) is 3.65. The van der Waals surface area contributed by atoms with E-state index in [0.717, 1.165) is 32.5 Å². The Balaban J connectivity index is 1.72. The minimum atomic E-state index is -0.430. The summed E-state index contributed by atoms with van der Waals surface area (Å²) < 4.78 is 2.33. The third-order valence-corrected chi connectivity index (χ3v) is 5.92. The minimum absolute atomic E-state index is 0.430. The molecular formula is C24H47N2O+. The highest BCUT2D eigenvalue weighted by atomic mass is 16.3. The van der Waals surface area contributed by atoms with E-state index in [9.17, 15) is 5.11 Å². The molecule has 0 amide bonds. The van der Waals surface area contributed by atoms with Crippen LogP contribution in [0.4, 0.5) is 0 Å². The molecule has 1 unspecified atom stereocenters. The van der Waals surface area contributed by atoms with Gasteiger partial charge >= 0.3 is 0 Å². The van der Waals surface area contributed by atoms with E-state index in [4.69, 9.17) is 0 Å². The van der Waals surface area contributed by atoms with Crippen LogP contribution in [-0.4, -0.2) is 41.3 Å². The van der Waals surface area contributed by atoms with E-state index in [2.05, 4.69) is 35.3 Å². The smallest absolute Gasteiger partial charge is 0.232 e. The van der Waals surface area contributed by atoms with E-state index < -0.39 is 5.60 Å². The molecule has 0 aromatic carbocycles. The fraction of sp³-hybridized carbons (Fsp3) is 0.875. The maximum absolute atomic E-state index is 9.97. The average Bonchev–Trinajstić information content (AvgIpc) is 3.17. The molecule has 1 rings (SSSR count). The lowest BCUT2D eigenvalue weighted by Gasteiger charge is -2.20. The first-order valence-corrected chi connectivity index (χ1v) is 11.8. The molecule has 2 N–H and O–H groups in total. The predicted octanol–water partition coefficient (Wildman–Crippen LogP) is 5.81. The average molecular weight is 380 g/mol. The van der Waals surface area contributed by atoms with Crippen LogP contribution in [0.15, 0.2) is 12.2 Å². The molecule has 3 nitrogen and oxygen atoms in total. The van der Waals surface area contributed by atoms with E-state index in [0.29, 0.717) is 0 Å². The second kappa shape index (κ2) is 16.2. The van der Waals surface area contributed by atoms with Crippen LogP contribution in [0.3, 0.4) is 0 Å². The van der Waals surface area contributed by atoms with Gasteiger partial charge in [0.15, 0.2) is 0 Å². The summed E-state index contributed by atoms with van der Waals surface area (Å²) in [6.45, 7) is 7.34. The number of allylic oxidation sites excluding steroid dienone is 1. The van der Waals surface area contributed by atoms with Crippen molar-refractivity contribution < 1.29 is 9.68 Å². The van der Waals surface area contributed by atoms with Crippen molar-refractivity contribution in [2.75, 3.05) is 19.6 Å². The fourth-order valence-corrected chi connectivity index (χ4v) is 3.65. The van der Waals surface area contributed by atoms with Crippen molar-refractivity contribution in [2.24, 2.45) is 0 Å². The van der Waals surface area contributed by atoms with Gasteiger partial charge < -0.3 is 5.11 Å². The molecule has 158 valence electrons. The summed E-state index contributed by atoms with van der Waals surface area (Å²) in [4.78, 5) is 0. The largest absolute Gasteiger partial charge is 0.390 e. The first-order chi connectivity index (χ1) is 13.1. The van der Waals surface area contributed by atoms with Crippen molar-refractivity contribution in [3.8, 4) is 0 Å². The molecule has 0 aromatic heterocycles. The Kier molecular flexibility index (Phi) is 14.5. The molecule has 0 saturated carbocycles. The Morgan fingerprint density at radius 2 is 1.44 bits per heavy atom. The van der Waals surface area contributed by atoms with Crippen LogP contribution >= 0.6 is 0 Å². The normalized spacial score (nSPS) is 16.5. The molecule has 1 atom stereocenters. The molecular weight excluding hydrogens is 332 g/mol. The van der Waals surface area contributed by atoms with Crippen molar-refractivity contribution in [1.29, 1.82) is 0 Å². The molecule has 0 spiro atoms. The first kappa shape index (κ1) is 24.2. The molecule has 0 bridgehead atoms. The summed E-state index contributed by atoms with van der Waals surface area (Å²) >= 11 is 0. The van der Waals surface area contributed by atoms with Crippen LogP contribution in [0.25, 0.3) is 0 Å². The van der Waals surface area contributed by atoms with E-state index in [1.807, 2.05) is 6.92 Å². The van der Waals surface area contributed by atoms with Crippen molar-refractivity contribution >= 4 is 6.34 Å². The zero-order valence-corrected chi connectivity index (χ0v) is 18.4. The van der Waals surface area contributed by atoms with Gasteiger partial charge in [-0.2, -0.15) is 0 Å². The van der Waals surface area contributed by atoms with Crippen molar-refractivity contribution in [3.63, 3.8) is 0 Å². The molecule has 27 heavy (non-hydrogen) atoms. The second-order valence-corrected chi connectivity index (χ2v) is 8.68. The Hall–Kier alpha value is -0.830. The molecule has 0 saturated heterocycles. The summed E-state index contributed by atoms with van der Waals surface area (Å²) in [6, 6.07) is 0. The Labute approximate surface area is 169 Å². The van der Waals surface area contributed by atoms with Crippen molar-refractivity contribution in [3.05, 3.63) is 12.2 Å². The topological polar surface area (TPSA) is 35.3 Å². The summed E-state index contributed by atoms with van der Waals surface area (Å²) in [5, 5.41) is 13.2. The number of hydrogen-bond donors (Lipinski definition) is 2. The SMILES string of the molecule is CCC(C)(O)CCCCCCCCCCCCCCC=CC[N+]1=CNCC1. The van der Waals surface area contributed by atoms with Gasteiger partial charge in [-0.3, -0.25) is 9.89 Å². The third kappa shape index (κ3) is 14.8. The van der Waals surface area contributed by atoms with Crippen LogP contribution in [-0.2, 0) is 0 Å². The van der Waals surface area contributed by atoms with Gasteiger partial charge in [0.2, 0.25) is 6.34 Å². The van der Waals surface area contributed by atoms with E-state index >= 15 is 0 Å². The maximum Gasteiger partial charge on any atom is 0.232 e. The van der Waals surface area contributed by atoms with E-state index in [1.165, 1.54) is 83.5 Å². The lowest BCUT2D eigenvalue weighted by Crippen LogP contribution is -2.22. The molecule has 0 aromatic rings. The molecule has 3 heteroatoms. The Bertz CT molecular complexity index is 401. The molecule has 0 aliphatic carbocycles. The maximum atomic E-state index is 9.97. The number of hydrogen-bond acceptors (Lipinski definition) is 2.